The zero-order chi connectivity index (χ0) is 24.8. The van der Waals surface area contributed by atoms with Crippen molar-refractivity contribution >= 4 is 17.5 Å². The van der Waals surface area contributed by atoms with Gasteiger partial charge in [-0.3, -0.25) is 24.3 Å². The standard InChI is InChI=1S/C23H24FN5O5/c1-14(2)27-22-23(32)28(13-21(30)31)20(12-26-22)17-7-16(8-19(9-17)29(33)34)11-25-10-15-3-5-18(24)6-4-15/h3-9,12,14,25H,10-11,13H2,1-2H3,(H,26,27)(H,30,31). The number of nitrogens with one attached hydrogen (secondary N) is 2. The Bertz CT molecular complexity index is 1260. The Kier molecular flexibility index (Phi) is 7.69. The number of nitrogens with zero attached hydrogens (tertiary/aromatic N) is 3. The number of nitro groups is 1. The molecule has 0 saturated heterocycles. The van der Waals surface area contributed by atoms with Crippen LogP contribution < -0.4 is 16.2 Å². The summed E-state index contributed by atoms with van der Waals surface area (Å²) in [6.07, 6.45) is 1.32. The molecule has 34 heavy (non-hydrogen) atoms. The van der Waals surface area contributed by atoms with Crippen molar-refractivity contribution in [2.45, 2.75) is 39.5 Å². The van der Waals surface area contributed by atoms with Crippen LogP contribution in [0.4, 0.5) is 15.9 Å². The van der Waals surface area contributed by atoms with Crippen molar-refractivity contribution in [3.8, 4) is 11.3 Å². The van der Waals surface area contributed by atoms with Crippen LogP contribution in [0.3, 0.4) is 0 Å². The molecule has 0 radical (unpaired) electrons. The maximum atomic E-state index is 13.1. The molecular formula is C23H24FN5O5. The Hall–Kier alpha value is -4.12. The third-order valence-electron chi connectivity index (χ3n) is 4.83. The number of halogens is 1. The van der Waals surface area contributed by atoms with Crippen molar-refractivity contribution in [3.05, 3.63) is 86.1 Å². The van der Waals surface area contributed by atoms with Gasteiger partial charge in [0.25, 0.3) is 11.2 Å². The first kappa shape index (κ1) is 24.5. The third-order valence-corrected chi connectivity index (χ3v) is 4.83. The van der Waals surface area contributed by atoms with Gasteiger partial charge in [0.05, 0.1) is 16.8 Å². The predicted octanol–water partition coefficient (Wildman–Crippen LogP) is 3.15. The lowest BCUT2D eigenvalue weighted by Crippen LogP contribution is -2.30. The van der Waals surface area contributed by atoms with Crippen LogP contribution in [0.2, 0.25) is 0 Å². The third kappa shape index (κ3) is 6.23. The summed E-state index contributed by atoms with van der Waals surface area (Å²) >= 11 is 0. The van der Waals surface area contributed by atoms with Crippen LogP contribution in [0.5, 0.6) is 0 Å². The van der Waals surface area contributed by atoms with Gasteiger partial charge in [0.1, 0.15) is 12.4 Å². The highest BCUT2D eigenvalue weighted by Crippen LogP contribution is 2.26. The molecule has 0 aliphatic rings. The summed E-state index contributed by atoms with van der Waals surface area (Å²) in [5.74, 6) is -1.59. The molecule has 3 aromatic rings. The molecule has 0 aliphatic heterocycles. The summed E-state index contributed by atoms with van der Waals surface area (Å²) in [5, 5.41) is 26.9. The number of carboxylic acid groups (broad SMARTS) is 1. The summed E-state index contributed by atoms with van der Waals surface area (Å²) in [5.41, 5.74) is 0.954. The number of benzene rings is 2. The second-order valence-electron chi connectivity index (χ2n) is 7.95. The molecule has 1 heterocycles. The maximum absolute atomic E-state index is 13.1. The number of carbonyl (C=O) groups is 1. The minimum absolute atomic E-state index is 0.00776. The summed E-state index contributed by atoms with van der Waals surface area (Å²) in [7, 11) is 0. The molecule has 3 rings (SSSR count). The van der Waals surface area contributed by atoms with Crippen molar-refractivity contribution in [1.82, 2.24) is 14.9 Å². The van der Waals surface area contributed by atoms with Crippen molar-refractivity contribution in [2.24, 2.45) is 0 Å². The van der Waals surface area contributed by atoms with E-state index in [4.69, 9.17) is 0 Å². The lowest BCUT2D eigenvalue weighted by Gasteiger charge is -2.15. The van der Waals surface area contributed by atoms with Crippen LogP contribution in [0.15, 0.2) is 53.5 Å². The Morgan fingerprint density at radius 2 is 1.85 bits per heavy atom. The minimum Gasteiger partial charge on any atom is -0.480 e. The van der Waals surface area contributed by atoms with Gasteiger partial charge in [-0.1, -0.05) is 12.1 Å². The summed E-state index contributed by atoms with van der Waals surface area (Å²) in [6, 6.07) is 10.1. The predicted molar refractivity (Wildman–Crippen MR) is 124 cm³/mol. The maximum Gasteiger partial charge on any atom is 0.323 e. The van der Waals surface area contributed by atoms with Crippen molar-refractivity contribution in [1.29, 1.82) is 0 Å². The topological polar surface area (TPSA) is 139 Å². The lowest BCUT2D eigenvalue weighted by atomic mass is 10.1. The quantitative estimate of drug-likeness (QED) is 0.304. The normalized spacial score (nSPS) is 10.9. The van der Waals surface area contributed by atoms with E-state index < -0.39 is 23.0 Å². The van der Waals surface area contributed by atoms with Gasteiger partial charge in [-0.15, -0.1) is 0 Å². The zero-order valence-corrected chi connectivity index (χ0v) is 18.6. The van der Waals surface area contributed by atoms with Gasteiger partial charge in [-0.25, -0.2) is 9.37 Å². The summed E-state index contributed by atoms with van der Waals surface area (Å²) in [6.45, 7) is 3.63. The molecule has 2 aromatic carbocycles. The van der Waals surface area contributed by atoms with E-state index in [0.29, 0.717) is 12.1 Å². The number of aromatic nitrogens is 2. The van der Waals surface area contributed by atoms with Crippen LogP contribution in [0, 0.1) is 15.9 Å². The van der Waals surface area contributed by atoms with Crippen LogP contribution in [0.25, 0.3) is 11.3 Å². The van der Waals surface area contributed by atoms with Gasteiger partial charge in [0.15, 0.2) is 5.82 Å². The first-order valence-electron chi connectivity index (χ1n) is 10.5. The van der Waals surface area contributed by atoms with Crippen LogP contribution >= 0.6 is 0 Å². The van der Waals surface area contributed by atoms with Crippen molar-refractivity contribution < 1.29 is 19.2 Å². The number of anilines is 1. The van der Waals surface area contributed by atoms with Crippen LogP contribution in [0.1, 0.15) is 25.0 Å². The minimum atomic E-state index is -1.24. The van der Waals surface area contributed by atoms with E-state index in [0.717, 1.165) is 10.1 Å². The lowest BCUT2D eigenvalue weighted by molar-refractivity contribution is -0.384. The Labute approximate surface area is 194 Å². The molecular weight excluding hydrogens is 445 g/mol. The fourth-order valence-electron chi connectivity index (χ4n) is 3.37. The summed E-state index contributed by atoms with van der Waals surface area (Å²) in [4.78, 5) is 39.4. The Morgan fingerprint density at radius 1 is 1.18 bits per heavy atom. The van der Waals surface area contributed by atoms with Gasteiger partial charge in [0, 0.05) is 36.8 Å². The van der Waals surface area contributed by atoms with E-state index in [-0.39, 0.29) is 41.2 Å². The van der Waals surface area contributed by atoms with E-state index in [9.17, 15) is 29.2 Å². The highest BCUT2D eigenvalue weighted by molar-refractivity contribution is 5.70. The smallest absolute Gasteiger partial charge is 0.323 e. The Balaban J connectivity index is 1.97. The van der Waals surface area contributed by atoms with E-state index in [2.05, 4.69) is 15.6 Å². The van der Waals surface area contributed by atoms with Gasteiger partial charge in [-0.2, -0.15) is 0 Å². The molecule has 0 spiro atoms. The number of nitro benzene ring substituents is 1. The monoisotopic (exact) mass is 469 g/mol. The molecule has 11 heteroatoms. The van der Waals surface area contributed by atoms with Gasteiger partial charge >= 0.3 is 5.97 Å². The highest BCUT2D eigenvalue weighted by atomic mass is 19.1. The molecule has 1 aromatic heterocycles. The molecule has 178 valence electrons. The fraction of sp³-hybridized carbons (Fsp3) is 0.261. The number of carboxylic acids is 1. The second kappa shape index (κ2) is 10.7. The average molecular weight is 469 g/mol. The molecule has 3 N–H and O–H groups in total. The molecule has 10 nitrogen and oxygen atoms in total. The molecule has 0 unspecified atom stereocenters. The number of hydrogen-bond donors (Lipinski definition) is 3. The SMILES string of the molecule is CC(C)Nc1ncc(-c2cc(CNCc3ccc(F)cc3)cc([N+](=O)[O-])c2)n(CC(=O)O)c1=O. The van der Waals surface area contributed by atoms with E-state index >= 15 is 0 Å². The van der Waals surface area contributed by atoms with Gasteiger partial charge in [0.2, 0.25) is 0 Å². The number of hydrogen-bond acceptors (Lipinski definition) is 7. The molecule has 0 bridgehead atoms. The van der Waals surface area contributed by atoms with Gasteiger partial charge < -0.3 is 15.7 Å². The van der Waals surface area contributed by atoms with Crippen molar-refractivity contribution in [2.75, 3.05) is 5.32 Å². The number of rotatable bonds is 10. The zero-order valence-electron chi connectivity index (χ0n) is 18.6. The fourth-order valence-corrected chi connectivity index (χ4v) is 3.37. The molecule has 0 saturated carbocycles. The summed E-state index contributed by atoms with van der Waals surface area (Å²) < 4.78 is 14.1. The van der Waals surface area contributed by atoms with E-state index in [1.165, 1.54) is 30.5 Å². The van der Waals surface area contributed by atoms with Crippen LogP contribution in [-0.2, 0) is 24.4 Å². The molecule has 0 aliphatic carbocycles. The second-order valence-corrected chi connectivity index (χ2v) is 7.95. The van der Waals surface area contributed by atoms with Gasteiger partial charge in [-0.05, 0) is 43.2 Å². The molecule has 0 fully saturated rings. The van der Waals surface area contributed by atoms with E-state index in [1.807, 2.05) is 13.8 Å². The van der Waals surface area contributed by atoms with Crippen molar-refractivity contribution in [3.63, 3.8) is 0 Å². The Morgan fingerprint density at radius 3 is 2.47 bits per heavy atom. The number of aliphatic carboxylic acids is 1. The first-order chi connectivity index (χ1) is 16.1. The highest BCUT2D eigenvalue weighted by Gasteiger charge is 2.18. The number of non-ortho nitro benzene ring substituents is 1. The van der Waals surface area contributed by atoms with E-state index in [1.54, 1.807) is 18.2 Å². The molecule has 0 atom stereocenters. The molecule has 0 amide bonds. The first-order valence-corrected chi connectivity index (χ1v) is 10.5. The average Bonchev–Trinajstić information content (AvgIpc) is 2.77. The van der Waals surface area contributed by atoms with Crippen LogP contribution in [-0.4, -0.2) is 31.6 Å². The largest absolute Gasteiger partial charge is 0.480 e.